The lowest BCUT2D eigenvalue weighted by Crippen LogP contribution is -1.81. The van der Waals surface area contributed by atoms with E-state index >= 15 is 0 Å². The summed E-state index contributed by atoms with van der Waals surface area (Å²) in [6.45, 7) is 4.00. The molecule has 0 radical (unpaired) electrons. The van der Waals surface area contributed by atoms with Gasteiger partial charge < -0.3 is 0 Å². The maximum absolute atomic E-state index is 5.79. The molecule has 0 aliphatic heterocycles. The third kappa shape index (κ3) is 1.47. The van der Waals surface area contributed by atoms with Crippen LogP contribution in [0.2, 0.25) is 5.02 Å². The molecule has 0 amide bonds. The number of benzene rings is 1. The molecule has 0 N–H and O–H groups in total. The maximum atomic E-state index is 5.79. The highest BCUT2D eigenvalue weighted by molar-refractivity contribution is 7.80. The normalized spacial score (nSPS) is 10.0. The third-order valence-electron chi connectivity index (χ3n) is 1.46. The van der Waals surface area contributed by atoms with Crippen molar-refractivity contribution in [2.75, 3.05) is 0 Å². The molecule has 10 heavy (non-hydrogen) atoms. The molecule has 0 spiro atoms. The lowest BCUT2D eigenvalue weighted by atomic mass is 10.2. The van der Waals surface area contributed by atoms with Crippen molar-refractivity contribution >= 4 is 24.2 Å². The molecular formula is C8H9ClS. The van der Waals surface area contributed by atoms with Gasteiger partial charge >= 0.3 is 0 Å². The maximum Gasteiger partial charge on any atom is 0.0412 e. The molecule has 0 unspecified atom stereocenters. The molecule has 0 aromatic heterocycles. The van der Waals surface area contributed by atoms with Crippen molar-refractivity contribution in [3.63, 3.8) is 0 Å². The molecule has 0 bridgehead atoms. The molecule has 0 saturated carbocycles. The lowest BCUT2D eigenvalue weighted by Gasteiger charge is -2.02. The first kappa shape index (κ1) is 7.96. The second kappa shape index (κ2) is 2.85. The van der Waals surface area contributed by atoms with E-state index < -0.39 is 0 Å². The van der Waals surface area contributed by atoms with Gasteiger partial charge in [-0.25, -0.2) is 0 Å². The molecule has 2 heteroatoms. The van der Waals surface area contributed by atoms with Crippen molar-refractivity contribution in [1.29, 1.82) is 0 Å². The average molecular weight is 173 g/mol. The Hall–Kier alpha value is -0.140. The Labute approximate surface area is 71.6 Å². The van der Waals surface area contributed by atoms with Crippen LogP contribution in [0.1, 0.15) is 11.1 Å². The third-order valence-corrected chi connectivity index (χ3v) is 2.38. The second-order valence-electron chi connectivity index (χ2n) is 2.39. The van der Waals surface area contributed by atoms with Crippen molar-refractivity contribution in [3.05, 3.63) is 28.3 Å². The number of thiol groups is 1. The zero-order valence-corrected chi connectivity index (χ0v) is 7.63. The Morgan fingerprint density at radius 3 is 2.00 bits per heavy atom. The van der Waals surface area contributed by atoms with Crippen molar-refractivity contribution in [2.45, 2.75) is 18.7 Å². The first-order chi connectivity index (χ1) is 4.61. The van der Waals surface area contributed by atoms with Gasteiger partial charge in [-0.1, -0.05) is 11.6 Å². The van der Waals surface area contributed by atoms with E-state index in [9.17, 15) is 0 Å². The first-order valence-corrected chi connectivity index (χ1v) is 3.89. The Bertz CT molecular complexity index is 232. The quantitative estimate of drug-likeness (QED) is 0.571. The van der Waals surface area contributed by atoms with Crippen LogP contribution in [0.15, 0.2) is 17.0 Å². The zero-order chi connectivity index (χ0) is 7.72. The van der Waals surface area contributed by atoms with Gasteiger partial charge in [-0.2, -0.15) is 0 Å². The molecule has 0 nitrogen and oxygen atoms in total. The molecule has 0 aliphatic carbocycles. The van der Waals surface area contributed by atoms with Crippen molar-refractivity contribution in [2.24, 2.45) is 0 Å². The fourth-order valence-corrected chi connectivity index (χ4v) is 1.36. The molecule has 54 valence electrons. The molecule has 0 aliphatic rings. The summed E-state index contributed by atoms with van der Waals surface area (Å²) in [6, 6.07) is 3.83. The Kier molecular flexibility index (Phi) is 2.27. The van der Waals surface area contributed by atoms with Crippen molar-refractivity contribution in [3.8, 4) is 0 Å². The lowest BCUT2D eigenvalue weighted by molar-refractivity contribution is 1.23. The first-order valence-electron chi connectivity index (χ1n) is 3.07. The zero-order valence-electron chi connectivity index (χ0n) is 5.98. The number of aryl methyl sites for hydroxylation is 2. The van der Waals surface area contributed by atoms with Gasteiger partial charge in [-0.05, 0) is 37.1 Å². The van der Waals surface area contributed by atoms with Gasteiger partial charge in [0.15, 0.2) is 0 Å². The average Bonchev–Trinajstić information content (AvgIpc) is 1.82. The number of hydrogen-bond donors (Lipinski definition) is 1. The molecule has 1 aromatic carbocycles. The van der Waals surface area contributed by atoms with Gasteiger partial charge in [0.25, 0.3) is 0 Å². The van der Waals surface area contributed by atoms with Crippen molar-refractivity contribution < 1.29 is 0 Å². The summed E-state index contributed by atoms with van der Waals surface area (Å²) >= 11 is 10.1. The molecule has 0 fully saturated rings. The molecule has 1 aromatic rings. The predicted octanol–water partition coefficient (Wildman–Crippen LogP) is 3.25. The van der Waals surface area contributed by atoms with Crippen LogP contribution in [0, 0.1) is 13.8 Å². The highest BCUT2D eigenvalue weighted by atomic mass is 35.5. The van der Waals surface area contributed by atoms with Crippen LogP contribution < -0.4 is 0 Å². The molecule has 0 heterocycles. The standard InChI is InChI=1S/C8H9ClS/c1-5-3-7(9)4-6(2)8(5)10/h3-4,10H,1-2H3. The summed E-state index contributed by atoms with van der Waals surface area (Å²) in [5, 5.41) is 0.785. The van der Waals surface area contributed by atoms with E-state index in [2.05, 4.69) is 12.6 Å². The van der Waals surface area contributed by atoms with Gasteiger partial charge in [-0.3, -0.25) is 0 Å². The van der Waals surface area contributed by atoms with Gasteiger partial charge in [0.05, 0.1) is 0 Å². The Morgan fingerprint density at radius 1 is 1.20 bits per heavy atom. The van der Waals surface area contributed by atoms with Crippen molar-refractivity contribution in [1.82, 2.24) is 0 Å². The predicted molar refractivity (Wildman–Crippen MR) is 48.2 cm³/mol. The van der Waals surface area contributed by atoms with Crippen LogP contribution in [-0.4, -0.2) is 0 Å². The van der Waals surface area contributed by atoms with E-state index in [4.69, 9.17) is 11.6 Å². The van der Waals surface area contributed by atoms with Crippen LogP contribution in [-0.2, 0) is 0 Å². The highest BCUT2D eigenvalue weighted by Crippen LogP contribution is 2.22. The second-order valence-corrected chi connectivity index (χ2v) is 3.27. The largest absolute Gasteiger partial charge is 0.143 e. The van der Waals surface area contributed by atoms with Crippen LogP contribution in [0.3, 0.4) is 0 Å². The van der Waals surface area contributed by atoms with E-state index in [-0.39, 0.29) is 0 Å². The van der Waals surface area contributed by atoms with E-state index in [1.807, 2.05) is 26.0 Å². The topological polar surface area (TPSA) is 0 Å². The number of rotatable bonds is 0. The van der Waals surface area contributed by atoms with E-state index in [1.165, 1.54) is 0 Å². The van der Waals surface area contributed by atoms with Crippen LogP contribution in [0.4, 0.5) is 0 Å². The summed E-state index contributed by atoms with van der Waals surface area (Å²) in [5.74, 6) is 0. The number of halogens is 1. The summed E-state index contributed by atoms with van der Waals surface area (Å²) in [5.41, 5.74) is 2.27. The Balaban J connectivity index is 3.31. The summed E-state index contributed by atoms with van der Waals surface area (Å²) in [7, 11) is 0. The fourth-order valence-electron chi connectivity index (χ4n) is 0.903. The minimum absolute atomic E-state index is 0.785. The highest BCUT2D eigenvalue weighted by Gasteiger charge is 1.98. The Morgan fingerprint density at radius 2 is 1.60 bits per heavy atom. The SMILES string of the molecule is Cc1cc(Cl)cc(C)c1S. The molecule has 0 atom stereocenters. The van der Waals surface area contributed by atoms with Crippen LogP contribution in [0.25, 0.3) is 0 Å². The summed E-state index contributed by atoms with van der Waals surface area (Å²) in [6.07, 6.45) is 0. The minimum Gasteiger partial charge on any atom is -0.143 e. The smallest absolute Gasteiger partial charge is 0.0412 e. The fraction of sp³-hybridized carbons (Fsp3) is 0.250. The molecule has 1 rings (SSSR count). The van der Waals surface area contributed by atoms with E-state index in [0.717, 1.165) is 21.0 Å². The van der Waals surface area contributed by atoms with E-state index in [1.54, 1.807) is 0 Å². The minimum atomic E-state index is 0.785. The van der Waals surface area contributed by atoms with Gasteiger partial charge in [0.2, 0.25) is 0 Å². The summed E-state index contributed by atoms with van der Waals surface area (Å²) in [4.78, 5) is 1.03. The van der Waals surface area contributed by atoms with Crippen LogP contribution >= 0.6 is 24.2 Å². The summed E-state index contributed by atoms with van der Waals surface area (Å²) < 4.78 is 0. The van der Waals surface area contributed by atoms with Gasteiger partial charge in [-0.15, -0.1) is 12.6 Å². The van der Waals surface area contributed by atoms with E-state index in [0.29, 0.717) is 0 Å². The monoisotopic (exact) mass is 172 g/mol. The number of hydrogen-bond acceptors (Lipinski definition) is 1. The van der Waals surface area contributed by atoms with Gasteiger partial charge in [0.1, 0.15) is 0 Å². The molecule has 0 saturated heterocycles. The van der Waals surface area contributed by atoms with Gasteiger partial charge in [0, 0.05) is 9.92 Å². The molecular weight excluding hydrogens is 164 g/mol. The van der Waals surface area contributed by atoms with Crippen LogP contribution in [0.5, 0.6) is 0 Å².